The second-order valence-electron chi connectivity index (χ2n) is 10.5. The average Bonchev–Trinajstić information content (AvgIpc) is 3.68. The molecule has 1 fully saturated rings. The summed E-state index contributed by atoms with van der Waals surface area (Å²) in [6, 6.07) is 24.4. The van der Waals surface area contributed by atoms with Crippen LogP contribution in [0.25, 0.3) is 10.9 Å². The first-order valence-corrected chi connectivity index (χ1v) is 13.9. The van der Waals surface area contributed by atoms with Crippen molar-refractivity contribution in [2.24, 2.45) is 5.92 Å². The number of rotatable bonds is 13. The Morgan fingerprint density at radius 1 is 0.950 bits per heavy atom. The van der Waals surface area contributed by atoms with Gasteiger partial charge in [0.15, 0.2) is 0 Å². The molecule has 2 amide bonds. The summed E-state index contributed by atoms with van der Waals surface area (Å²) in [6.07, 6.45) is 4.11. The molecule has 1 heterocycles. The number of amides is 2. The van der Waals surface area contributed by atoms with Gasteiger partial charge >= 0.3 is 0 Å². The van der Waals surface area contributed by atoms with Gasteiger partial charge in [-0.1, -0.05) is 60.7 Å². The second-order valence-corrected chi connectivity index (χ2v) is 10.5. The molecule has 6 nitrogen and oxygen atoms in total. The van der Waals surface area contributed by atoms with Crippen LogP contribution >= 0.6 is 0 Å². The van der Waals surface area contributed by atoms with Gasteiger partial charge in [0.1, 0.15) is 5.82 Å². The standard InChI is InChI=1S/C33H36FN3O3/c1-40-19-7-17-37(33(39)30-20-29(30)25-8-3-2-4-9-25)23-32(38)36(22-24-12-14-27(34)15-13-24)18-16-26-21-35-31-11-6-5-10-28(26)31/h2-6,8-15,21,29-30,35H,7,16-20,22-23H2,1H3/t29-,30?/m0/s1. The van der Waals surface area contributed by atoms with Gasteiger partial charge in [-0.25, -0.2) is 4.39 Å². The Labute approximate surface area is 234 Å². The molecule has 4 aromatic rings. The third kappa shape index (κ3) is 6.77. The second kappa shape index (κ2) is 12.9. The average molecular weight is 542 g/mol. The highest BCUT2D eigenvalue weighted by Gasteiger charge is 2.46. The maximum Gasteiger partial charge on any atom is 0.242 e. The predicted octanol–water partition coefficient (Wildman–Crippen LogP) is 5.55. The van der Waals surface area contributed by atoms with Crippen LogP contribution in [0.2, 0.25) is 0 Å². The van der Waals surface area contributed by atoms with Gasteiger partial charge in [0.2, 0.25) is 11.8 Å². The molecule has 0 aliphatic heterocycles. The van der Waals surface area contributed by atoms with E-state index in [4.69, 9.17) is 4.74 Å². The number of hydrogen-bond acceptors (Lipinski definition) is 3. The SMILES string of the molecule is COCCCN(CC(=O)N(CCc1c[nH]c2ccccc12)Cc1ccc(F)cc1)C(=O)C1C[C@H]1c1ccccc1. The van der Waals surface area contributed by atoms with Crippen LogP contribution in [0.4, 0.5) is 4.39 Å². The summed E-state index contributed by atoms with van der Waals surface area (Å²) >= 11 is 0. The first-order valence-electron chi connectivity index (χ1n) is 13.9. The largest absolute Gasteiger partial charge is 0.385 e. The van der Waals surface area contributed by atoms with Crippen LogP contribution in [0.1, 0.15) is 35.4 Å². The Balaban J connectivity index is 1.31. The molecule has 0 spiro atoms. The van der Waals surface area contributed by atoms with Crippen molar-refractivity contribution in [1.29, 1.82) is 0 Å². The van der Waals surface area contributed by atoms with E-state index < -0.39 is 0 Å². The summed E-state index contributed by atoms with van der Waals surface area (Å²) in [5.41, 5.74) is 4.20. The number of aromatic nitrogens is 1. The van der Waals surface area contributed by atoms with E-state index in [0.29, 0.717) is 39.1 Å². The van der Waals surface area contributed by atoms with E-state index in [1.165, 1.54) is 17.7 Å². The van der Waals surface area contributed by atoms with Crippen LogP contribution < -0.4 is 0 Å². The predicted molar refractivity (Wildman–Crippen MR) is 154 cm³/mol. The summed E-state index contributed by atoms with van der Waals surface area (Å²) in [5.74, 6) is -0.309. The summed E-state index contributed by atoms with van der Waals surface area (Å²) in [6.45, 7) is 1.81. The van der Waals surface area contributed by atoms with Crippen LogP contribution in [0, 0.1) is 11.7 Å². The van der Waals surface area contributed by atoms with Crippen LogP contribution in [-0.2, 0) is 27.3 Å². The molecule has 0 saturated heterocycles. The van der Waals surface area contributed by atoms with Gasteiger partial charge in [0.25, 0.3) is 0 Å². The van der Waals surface area contributed by atoms with Crippen molar-refractivity contribution in [3.8, 4) is 0 Å². The van der Waals surface area contributed by atoms with E-state index >= 15 is 0 Å². The van der Waals surface area contributed by atoms with Crippen molar-refractivity contribution in [2.75, 3.05) is 33.4 Å². The lowest BCUT2D eigenvalue weighted by Crippen LogP contribution is -2.44. The highest BCUT2D eigenvalue weighted by Crippen LogP contribution is 2.48. The lowest BCUT2D eigenvalue weighted by Gasteiger charge is -2.28. The number of nitrogens with one attached hydrogen (secondary N) is 1. The summed E-state index contributed by atoms with van der Waals surface area (Å²) in [7, 11) is 1.64. The number of hydrogen-bond donors (Lipinski definition) is 1. The molecule has 1 aliphatic rings. The molecule has 0 bridgehead atoms. The summed E-state index contributed by atoms with van der Waals surface area (Å²) in [5, 5.41) is 1.13. The Morgan fingerprint density at radius 2 is 1.70 bits per heavy atom. The monoisotopic (exact) mass is 541 g/mol. The number of fused-ring (bicyclic) bond motifs is 1. The van der Waals surface area contributed by atoms with Crippen LogP contribution in [-0.4, -0.2) is 59.9 Å². The van der Waals surface area contributed by atoms with Crippen molar-refractivity contribution in [1.82, 2.24) is 14.8 Å². The fraction of sp³-hybridized carbons (Fsp3) is 0.333. The molecule has 1 saturated carbocycles. The molecule has 1 unspecified atom stereocenters. The van der Waals surface area contributed by atoms with Crippen molar-refractivity contribution in [2.45, 2.75) is 31.7 Å². The zero-order valence-corrected chi connectivity index (χ0v) is 22.9. The zero-order chi connectivity index (χ0) is 27.9. The fourth-order valence-electron chi connectivity index (χ4n) is 5.40. The van der Waals surface area contributed by atoms with Crippen LogP contribution in [0.5, 0.6) is 0 Å². The minimum Gasteiger partial charge on any atom is -0.385 e. The quantitative estimate of drug-likeness (QED) is 0.226. The number of methoxy groups -OCH3 is 1. The first-order chi connectivity index (χ1) is 19.5. The lowest BCUT2D eigenvalue weighted by atomic mass is 10.1. The molecular formula is C33H36FN3O3. The van der Waals surface area contributed by atoms with Gasteiger partial charge in [-0.15, -0.1) is 0 Å². The molecule has 2 atom stereocenters. The number of carbonyl (C=O) groups is 2. The number of para-hydroxylation sites is 1. The number of aromatic amines is 1. The molecule has 1 aromatic heterocycles. The van der Waals surface area contributed by atoms with Gasteiger partial charge in [0, 0.05) is 56.4 Å². The molecular weight excluding hydrogens is 505 g/mol. The number of ether oxygens (including phenoxy) is 1. The normalized spacial score (nSPS) is 16.1. The number of halogens is 1. The zero-order valence-electron chi connectivity index (χ0n) is 22.9. The third-order valence-corrected chi connectivity index (χ3v) is 7.72. The number of benzene rings is 3. The molecule has 208 valence electrons. The smallest absolute Gasteiger partial charge is 0.242 e. The maximum atomic E-state index is 13.8. The minimum atomic E-state index is -0.312. The molecule has 0 radical (unpaired) electrons. The van der Waals surface area contributed by atoms with Gasteiger partial charge in [-0.3, -0.25) is 9.59 Å². The topological polar surface area (TPSA) is 65.6 Å². The highest BCUT2D eigenvalue weighted by molar-refractivity contribution is 5.88. The molecule has 40 heavy (non-hydrogen) atoms. The molecule has 5 rings (SSSR count). The van der Waals surface area contributed by atoms with E-state index in [2.05, 4.69) is 23.2 Å². The number of nitrogens with zero attached hydrogens (tertiary/aromatic N) is 2. The van der Waals surface area contributed by atoms with Gasteiger partial charge in [0.05, 0.1) is 6.54 Å². The minimum absolute atomic E-state index is 0.00956. The highest BCUT2D eigenvalue weighted by atomic mass is 19.1. The van der Waals surface area contributed by atoms with E-state index in [1.807, 2.05) is 42.6 Å². The van der Waals surface area contributed by atoms with Crippen molar-refractivity contribution in [3.05, 3.63) is 108 Å². The first kappa shape index (κ1) is 27.6. The Morgan fingerprint density at radius 3 is 2.48 bits per heavy atom. The van der Waals surface area contributed by atoms with Crippen molar-refractivity contribution >= 4 is 22.7 Å². The Hall–Kier alpha value is -3.97. The van der Waals surface area contributed by atoms with Gasteiger partial charge in [-0.05, 0) is 60.1 Å². The lowest BCUT2D eigenvalue weighted by molar-refractivity contribution is -0.141. The van der Waals surface area contributed by atoms with Crippen molar-refractivity contribution < 1.29 is 18.7 Å². The third-order valence-electron chi connectivity index (χ3n) is 7.72. The number of H-pyrrole nitrogens is 1. The van der Waals surface area contributed by atoms with E-state index in [9.17, 15) is 14.0 Å². The Kier molecular flexibility index (Phi) is 8.91. The maximum absolute atomic E-state index is 13.8. The molecule has 1 aliphatic carbocycles. The van der Waals surface area contributed by atoms with Crippen molar-refractivity contribution in [3.63, 3.8) is 0 Å². The van der Waals surface area contributed by atoms with Gasteiger partial charge < -0.3 is 19.5 Å². The molecule has 3 aromatic carbocycles. The molecule has 7 heteroatoms. The summed E-state index contributed by atoms with van der Waals surface area (Å²) < 4.78 is 18.8. The van der Waals surface area contributed by atoms with Crippen LogP contribution in [0.3, 0.4) is 0 Å². The van der Waals surface area contributed by atoms with Crippen LogP contribution in [0.15, 0.2) is 85.1 Å². The van der Waals surface area contributed by atoms with E-state index in [0.717, 1.165) is 28.5 Å². The number of carbonyl (C=O) groups excluding carboxylic acids is 2. The molecule has 1 N–H and O–H groups in total. The van der Waals surface area contributed by atoms with E-state index in [1.54, 1.807) is 29.0 Å². The van der Waals surface area contributed by atoms with Gasteiger partial charge in [-0.2, -0.15) is 0 Å². The Bertz CT molecular complexity index is 1420. The van der Waals surface area contributed by atoms with E-state index in [-0.39, 0.29) is 36.0 Å². The fourth-order valence-corrected chi connectivity index (χ4v) is 5.40. The summed E-state index contributed by atoms with van der Waals surface area (Å²) in [4.78, 5) is 34.2.